The fourth-order valence-corrected chi connectivity index (χ4v) is 4.04. The molecule has 1 aromatic heterocycles. The van der Waals surface area contributed by atoms with Gasteiger partial charge in [-0.25, -0.2) is 5.01 Å². The van der Waals surface area contributed by atoms with Gasteiger partial charge in [-0.05, 0) is 41.6 Å². The van der Waals surface area contributed by atoms with Crippen molar-refractivity contribution < 1.29 is 14.3 Å². The van der Waals surface area contributed by atoms with Crippen LogP contribution in [0, 0.1) is 0 Å². The predicted molar refractivity (Wildman–Crippen MR) is 94.9 cm³/mol. The van der Waals surface area contributed by atoms with Gasteiger partial charge in [-0.1, -0.05) is 0 Å². The Kier molecular flexibility index (Phi) is 5.17. The van der Waals surface area contributed by atoms with Gasteiger partial charge in [0.05, 0.1) is 23.2 Å². The van der Waals surface area contributed by atoms with Crippen molar-refractivity contribution in [3.63, 3.8) is 0 Å². The summed E-state index contributed by atoms with van der Waals surface area (Å²) in [4.78, 5) is 35.6. The fraction of sp³-hybridized carbons (Fsp3) is 0.588. The van der Waals surface area contributed by atoms with E-state index in [-0.39, 0.29) is 29.5 Å². The van der Waals surface area contributed by atoms with E-state index in [4.69, 9.17) is 4.74 Å². The van der Waals surface area contributed by atoms with Gasteiger partial charge in [-0.2, -0.15) is 0 Å². The quantitative estimate of drug-likeness (QED) is 0.760. The molecule has 0 aromatic carbocycles. The van der Waals surface area contributed by atoms with E-state index >= 15 is 0 Å². The summed E-state index contributed by atoms with van der Waals surface area (Å²) in [6, 6.07) is 1.53. The standard InChI is InChI=1S/C17H22BrN3O4/c1-11(22)20-8-7-16(23)21(20)12-3-5-13(6-4-12)25-15-9-17(24)19(2)10-14(15)18/h9-10,12-13H,3-8H2,1-2H3/t12-,13-. The highest BCUT2D eigenvalue weighted by Crippen LogP contribution is 2.31. The fourth-order valence-electron chi connectivity index (χ4n) is 3.53. The number of carbonyl (C=O) groups excluding carboxylic acids is 2. The van der Waals surface area contributed by atoms with Gasteiger partial charge in [0.15, 0.2) is 0 Å². The molecule has 1 saturated carbocycles. The number of nitrogens with zero attached hydrogens (tertiary/aromatic N) is 3. The van der Waals surface area contributed by atoms with Gasteiger partial charge in [0.25, 0.3) is 5.56 Å². The number of aromatic nitrogens is 1. The van der Waals surface area contributed by atoms with Crippen molar-refractivity contribution in [3.05, 3.63) is 27.1 Å². The molecule has 2 fully saturated rings. The van der Waals surface area contributed by atoms with Crippen LogP contribution in [0.4, 0.5) is 0 Å². The monoisotopic (exact) mass is 411 g/mol. The summed E-state index contributed by atoms with van der Waals surface area (Å²) in [5, 5.41) is 3.21. The lowest BCUT2D eigenvalue weighted by molar-refractivity contribution is -0.159. The largest absolute Gasteiger partial charge is 0.489 e. The number of carbonyl (C=O) groups is 2. The van der Waals surface area contributed by atoms with E-state index in [9.17, 15) is 14.4 Å². The van der Waals surface area contributed by atoms with Crippen LogP contribution in [0.1, 0.15) is 39.0 Å². The van der Waals surface area contributed by atoms with Gasteiger partial charge in [-0.15, -0.1) is 0 Å². The zero-order valence-electron chi connectivity index (χ0n) is 14.4. The summed E-state index contributed by atoms with van der Waals surface area (Å²) in [5.41, 5.74) is -0.119. The third-order valence-corrected chi connectivity index (χ3v) is 5.44. The Hall–Kier alpha value is -1.83. The second-order valence-electron chi connectivity index (χ2n) is 6.61. The third-order valence-electron chi connectivity index (χ3n) is 4.84. The number of amides is 2. The molecule has 1 aliphatic carbocycles. The first-order chi connectivity index (χ1) is 11.9. The number of rotatable bonds is 3. The zero-order valence-corrected chi connectivity index (χ0v) is 16.0. The second kappa shape index (κ2) is 7.19. The summed E-state index contributed by atoms with van der Waals surface area (Å²) < 4.78 is 8.22. The van der Waals surface area contributed by atoms with Crippen molar-refractivity contribution >= 4 is 27.7 Å². The predicted octanol–water partition coefficient (Wildman–Crippen LogP) is 1.83. The van der Waals surface area contributed by atoms with Crippen LogP contribution < -0.4 is 10.3 Å². The smallest absolute Gasteiger partial charge is 0.254 e. The Balaban J connectivity index is 1.62. The Morgan fingerprint density at radius 3 is 2.56 bits per heavy atom. The Morgan fingerprint density at radius 2 is 1.92 bits per heavy atom. The normalized spacial score (nSPS) is 23.9. The van der Waals surface area contributed by atoms with Crippen LogP contribution in [0.3, 0.4) is 0 Å². The van der Waals surface area contributed by atoms with Crippen molar-refractivity contribution in [3.8, 4) is 5.75 Å². The molecular formula is C17H22BrN3O4. The first-order valence-corrected chi connectivity index (χ1v) is 9.29. The van der Waals surface area contributed by atoms with Gasteiger partial charge >= 0.3 is 0 Å². The molecule has 3 rings (SSSR count). The maximum atomic E-state index is 12.1. The van der Waals surface area contributed by atoms with Crippen LogP contribution in [0.15, 0.2) is 21.5 Å². The number of hydrazine groups is 1. The minimum absolute atomic E-state index is 0.00291. The Labute approximate surface area is 154 Å². The molecule has 8 heteroatoms. The maximum Gasteiger partial charge on any atom is 0.254 e. The van der Waals surface area contributed by atoms with Crippen molar-refractivity contribution in [2.75, 3.05) is 6.54 Å². The summed E-state index contributed by atoms with van der Waals surface area (Å²) >= 11 is 3.42. The minimum atomic E-state index is -0.119. The number of pyridine rings is 1. The molecule has 7 nitrogen and oxygen atoms in total. The molecule has 136 valence electrons. The number of hydrogen-bond acceptors (Lipinski definition) is 4. The van der Waals surface area contributed by atoms with Crippen molar-refractivity contribution in [1.29, 1.82) is 0 Å². The number of ether oxygens (including phenoxy) is 1. The van der Waals surface area contributed by atoms with E-state index in [1.54, 1.807) is 23.3 Å². The molecule has 1 aliphatic heterocycles. The zero-order chi connectivity index (χ0) is 18.1. The van der Waals surface area contributed by atoms with Gasteiger partial charge in [0.1, 0.15) is 5.75 Å². The molecule has 0 spiro atoms. The number of hydrogen-bond donors (Lipinski definition) is 0. The average molecular weight is 412 g/mol. The lowest BCUT2D eigenvalue weighted by atomic mass is 9.92. The molecule has 0 bridgehead atoms. The molecule has 0 unspecified atom stereocenters. The maximum absolute atomic E-state index is 12.1. The Bertz CT molecular complexity index is 740. The van der Waals surface area contributed by atoms with E-state index < -0.39 is 0 Å². The molecule has 1 saturated heterocycles. The molecule has 0 radical (unpaired) electrons. The van der Waals surface area contributed by atoms with Crippen LogP contribution in [-0.4, -0.2) is 45.1 Å². The summed E-state index contributed by atoms with van der Waals surface area (Å²) in [6.45, 7) is 1.97. The highest BCUT2D eigenvalue weighted by molar-refractivity contribution is 9.10. The van der Waals surface area contributed by atoms with E-state index in [0.29, 0.717) is 18.7 Å². The van der Waals surface area contributed by atoms with E-state index in [1.165, 1.54) is 17.6 Å². The number of aryl methyl sites for hydroxylation is 1. The van der Waals surface area contributed by atoms with Crippen molar-refractivity contribution in [1.82, 2.24) is 14.6 Å². The molecule has 0 atom stereocenters. The van der Waals surface area contributed by atoms with Crippen LogP contribution >= 0.6 is 15.9 Å². The van der Waals surface area contributed by atoms with E-state index in [2.05, 4.69) is 15.9 Å². The lowest BCUT2D eigenvalue weighted by Gasteiger charge is -2.38. The molecule has 2 amide bonds. The van der Waals surface area contributed by atoms with Crippen LogP contribution in [0.25, 0.3) is 0 Å². The topological polar surface area (TPSA) is 71.9 Å². The van der Waals surface area contributed by atoms with Gasteiger partial charge < -0.3 is 9.30 Å². The molecule has 25 heavy (non-hydrogen) atoms. The van der Waals surface area contributed by atoms with Gasteiger partial charge in [0.2, 0.25) is 11.8 Å². The van der Waals surface area contributed by atoms with E-state index in [0.717, 1.165) is 30.2 Å². The van der Waals surface area contributed by atoms with Crippen LogP contribution in [-0.2, 0) is 16.6 Å². The van der Waals surface area contributed by atoms with Crippen LogP contribution in [0.5, 0.6) is 5.75 Å². The minimum Gasteiger partial charge on any atom is -0.489 e. The molecule has 2 heterocycles. The SMILES string of the molecule is CC(=O)N1CCC(=O)N1[C@H]1CC[C@H](Oc2cc(=O)n(C)cc2Br)CC1. The first-order valence-electron chi connectivity index (χ1n) is 8.49. The molecular weight excluding hydrogens is 390 g/mol. The molecule has 0 N–H and O–H groups in total. The highest BCUT2D eigenvalue weighted by atomic mass is 79.9. The Morgan fingerprint density at radius 1 is 1.24 bits per heavy atom. The average Bonchev–Trinajstić information content (AvgIpc) is 2.95. The summed E-state index contributed by atoms with van der Waals surface area (Å²) in [6.07, 6.45) is 5.21. The summed E-state index contributed by atoms with van der Waals surface area (Å²) in [7, 11) is 1.69. The summed E-state index contributed by atoms with van der Waals surface area (Å²) in [5.74, 6) is 0.483. The van der Waals surface area contributed by atoms with Gasteiger partial charge in [0, 0.05) is 32.7 Å². The van der Waals surface area contributed by atoms with Gasteiger partial charge in [-0.3, -0.25) is 19.4 Å². The van der Waals surface area contributed by atoms with E-state index in [1.807, 2.05) is 0 Å². The van der Waals surface area contributed by atoms with Crippen LogP contribution in [0.2, 0.25) is 0 Å². The first kappa shape index (κ1) is 18.0. The lowest BCUT2D eigenvalue weighted by Crippen LogP contribution is -2.50. The van der Waals surface area contributed by atoms with Crippen molar-refractivity contribution in [2.24, 2.45) is 7.05 Å². The van der Waals surface area contributed by atoms with Crippen molar-refractivity contribution in [2.45, 2.75) is 51.2 Å². The second-order valence-corrected chi connectivity index (χ2v) is 7.47. The molecule has 2 aliphatic rings. The number of halogens is 1. The third kappa shape index (κ3) is 3.73. The highest BCUT2D eigenvalue weighted by Gasteiger charge is 2.38. The molecule has 1 aromatic rings.